The molecule has 0 bridgehead atoms. The second kappa shape index (κ2) is 9.06. The Balaban J connectivity index is 1.39. The van der Waals surface area contributed by atoms with E-state index in [0.29, 0.717) is 18.2 Å². The lowest BCUT2D eigenvalue weighted by Crippen LogP contribution is -2.54. The number of rotatable bonds is 6. The normalized spacial score (nSPS) is 20.2. The summed E-state index contributed by atoms with van der Waals surface area (Å²) in [5, 5.41) is 0. The zero-order valence-corrected chi connectivity index (χ0v) is 18.1. The molecule has 30 heavy (non-hydrogen) atoms. The number of nitrogens with zero attached hydrogens (tertiary/aromatic N) is 3. The molecule has 0 aliphatic carbocycles. The third-order valence-electron chi connectivity index (χ3n) is 6.21. The molecule has 6 heteroatoms. The molecule has 0 spiro atoms. The van der Waals surface area contributed by atoms with Crippen molar-refractivity contribution >= 4 is 5.91 Å². The molecule has 0 aromatic heterocycles. The zero-order chi connectivity index (χ0) is 21.1. The highest BCUT2D eigenvalue weighted by molar-refractivity contribution is 5.97. The molecule has 0 saturated carbocycles. The molecule has 160 valence electrons. The highest BCUT2D eigenvalue weighted by Gasteiger charge is 2.33. The van der Waals surface area contributed by atoms with Crippen molar-refractivity contribution in [2.75, 3.05) is 47.1 Å². The van der Waals surface area contributed by atoms with E-state index in [1.54, 1.807) is 14.2 Å². The Morgan fingerprint density at radius 3 is 2.23 bits per heavy atom. The number of fused-ring (bicyclic) bond motifs is 1. The SMILES string of the molecule is COc1cc2c(cc1OC)C(=O)N(CN1CCN(Cc3ccccc3)CC1)C(C)C2. The minimum Gasteiger partial charge on any atom is -0.493 e. The van der Waals surface area contributed by atoms with Crippen LogP contribution in [0.25, 0.3) is 0 Å². The average molecular weight is 410 g/mol. The third-order valence-corrected chi connectivity index (χ3v) is 6.21. The van der Waals surface area contributed by atoms with E-state index in [0.717, 1.165) is 50.3 Å². The Kier molecular flexibility index (Phi) is 6.25. The second-order valence-electron chi connectivity index (χ2n) is 8.21. The van der Waals surface area contributed by atoms with Gasteiger partial charge in [-0.1, -0.05) is 30.3 Å². The summed E-state index contributed by atoms with van der Waals surface area (Å²) in [4.78, 5) is 20.1. The van der Waals surface area contributed by atoms with Crippen molar-refractivity contribution in [2.24, 2.45) is 0 Å². The van der Waals surface area contributed by atoms with Crippen molar-refractivity contribution in [3.05, 3.63) is 59.2 Å². The summed E-state index contributed by atoms with van der Waals surface area (Å²) in [6.07, 6.45) is 0.829. The fourth-order valence-electron chi connectivity index (χ4n) is 4.42. The molecular weight excluding hydrogens is 378 g/mol. The first-order valence-corrected chi connectivity index (χ1v) is 10.6. The third kappa shape index (κ3) is 4.30. The maximum Gasteiger partial charge on any atom is 0.255 e. The minimum absolute atomic E-state index is 0.0800. The van der Waals surface area contributed by atoms with Gasteiger partial charge in [0, 0.05) is 44.3 Å². The van der Waals surface area contributed by atoms with Gasteiger partial charge in [-0.25, -0.2) is 0 Å². The van der Waals surface area contributed by atoms with Gasteiger partial charge in [-0.2, -0.15) is 0 Å². The van der Waals surface area contributed by atoms with Crippen molar-refractivity contribution in [1.82, 2.24) is 14.7 Å². The Morgan fingerprint density at radius 2 is 1.57 bits per heavy atom. The summed E-state index contributed by atoms with van der Waals surface area (Å²) < 4.78 is 10.8. The molecule has 1 saturated heterocycles. The van der Waals surface area contributed by atoms with Crippen LogP contribution >= 0.6 is 0 Å². The summed E-state index contributed by atoms with van der Waals surface area (Å²) in [6, 6.07) is 14.5. The Bertz CT molecular complexity index is 879. The molecule has 2 aliphatic heterocycles. The predicted molar refractivity (Wildman–Crippen MR) is 117 cm³/mol. The summed E-state index contributed by atoms with van der Waals surface area (Å²) in [6.45, 7) is 7.78. The molecule has 0 radical (unpaired) electrons. The lowest BCUT2D eigenvalue weighted by Gasteiger charge is -2.41. The Labute approximate surface area is 179 Å². The molecule has 2 heterocycles. The molecular formula is C24H31N3O3. The smallest absolute Gasteiger partial charge is 0.255 e. The van der Waals surface area contributed by atoms with Gasteiger partial charge in [0.25, 0.3) is 5.91 Å². The number of ether oxygens (including phenoxy) is 2. The molecule has 2 aromatic carbocycles. The van der Waals surface area contributed by atoms with Crippen LogP contribution in [0.5, 0.6) is 11.5 Å². The number of hydrogen-bond donors (Lipinski definition) is 0. The minimum atomic E-state index is 0.0800. The summed E-state index contributed by atoms with van der Waals surface area (Å²) in [7, 11) is 3.23. The summed E-state index contributed by atoms with van der Waals surface area (Å²) in [5.74, 6) is 1.37. The van der Waals surface area contributed by atoms with Crippen molar-refractivity contribution in [1.29, 1.82) is 0 Å². The second-order valence-corrected chi connectivity index (χ2v) is 8.21. The van der Waals surface area contributed by atoms with E-state index in [2.05, 4.69) is 47.1 Å². The van der Waals surface area contributed by atoms with Gasteiger partial charge in [0.1, 0.15) is 0 Å². The molecule has 0 N–H and O–H groups in total. The monoisotopic (exact) mass is 409 g/mol. The number of amides is 1. The molecule has 1 amide bonds. The van der Waals surface area contributed by atoms with Crippen molar-refractivity contribution in [2.45, 2.75) is 25.9 Å². The van der Waals surface area contributed by atoms with Gasteiger partial charge in [0.05, 0.1) is 20.9 Å². The first kappa shape index (κ1) is 20.7. The molecule has 2 aliphatic rings. The maximum atomic E-state index is 13.3. The van der Waals surface area contributed by atoms with Crippen molar-refractivity contribution in [3.63, 3.8) is 0 Å². The van der Waals surface area contributed by atoms with Gasteiger partial charge in [-0.05, 0) is 36.6 Å². The van der Waals surface area contributed by atoms with Crippen molar-refractivity contribution < 1.29 is 14.3 Å². The fourth-order valence-corrected chi connectivity index (χ4v) is 4.42. The van der Waals surface area contributed by atoms with E-state index in [4.69, 9.17) is 9.47 Å². The number of hydrogen-bond acceptors (Lipinski definition) is 5. The van der Waals surface area contributed by atoms with Gasteiger partial charge in [0.15, 0.2) is 11.5 Å². The summed E-state index contributed by atoms with van der Waals surface area (Å²) >= 11 is 0. The van der Waals surface area contributed by atoms with Crippen molar-refractivity contribution in [3.8, 4) is 11.5 Å². The number of methoxy groups -OCH3 is 2. The molecule has 6 nitrogen and oxygen atoms in total. The predicted octanol–water partition coefficient (Wildman–Crippen LogP) is 2.87. The molecule has 1 fully saturated rings. The highest BCUT2D eigenvalue weighted by atomic mass is 16.5. The fraction of sp³-hybridized carbons (Fsp3) is 0.458. The van der Waals surface area contributed by atoms with Crippen LogP contribution < -0.4 is 9.47 Å². The standard InChI is InChI=1S/C24H31N3O3/c1-18-13-20-14-22(29-2)23(30-3)15-21(20)24(28)27(18)17-26-11-9-25(10-12-26)16-19-7-5-4-6-8-19/h4-8,14-15,18H,9-13,16-17H2,1-3H3. The van der Waals surface area contributed by atoms with E-state index in [9.17, 15) is 4.79 Å². The van der Waals surface area contributed by atoms with Crippen LogP contribution in [-0.2, 0) is 13.0 Å². The van der Waals surface area contributed by atoms with Crippen LogP contribution in [0.3, 0.4) is 0 Å². The Hall–Kier alpha value is -2.57. The molecule has 1 unspecified atom stereocenters. The molecule has 4 rings (SSSR count). The molecule has 1 atom stereocenters. The van der Waals surface area contributed by atoms with Crippen LogP contribution in [0, 0.1) is 0 Å². The van der Waals surface area contributed by atoms with Crippen LogP contribution in [-0.4, -0.2) is 73.7 Å². The Morgan fingerprint density at radius 1 is 0.933 bits per heavy atom. The largest absolute Gasteiger partial charge is 0.493 e. The van der Waals surface area contributed by atoms with E-state index in [1.165, 1.54) is 5.56 Å². The zero-order valence-electron chi connectivity index (χ0n) is 18.1. The first-order valence-electron chi connectivity index (χ1n) is 10.6. The van der Waals surface area contributed by atoms with Gasteiger partial charge in [-0.3, -0.25) is 14.6 Å². The quantitative estimate of drug-likeness (QED) is 0.734. The average Bonchev–Trinajstić information content (AvgIpc) is 2.77. The highest BCUT2D eigenvalue weighted by Crippen LogP contribution is 2.34. The number of piperazine rings is 1. The van der Waals surface area contributed by atoms with Gasteiger partial charge in [0.2, 0.25) is 0 Å². The van der Waals surface area contributed by atoms with Crippen LogP contribution in [0.2, 0.25) is 0 Å². The van der Waals surface area contributed by atoms with Crippen LogP contribution in [0.15, 0.2) is 42.5 Å². The summed E-state index contributed by atoms with van der Waals surface area (Å²) in [5.41, 5.74) is 3.12. The van der Waals surface area contributed by atoms with E-state index >= 15 is 0 Å². The number of carbonyl (C=O) groups excluding carboxylic acids is 1. The van der Waals surface area contributed by atoms with Gasteiger partial charge >= 0.3 is 0 Å². The molecule has 2 aromatic rings. The van der Waals surface area contributed by atoms with Gasteiger partial charge < -0.3 is 14.4 Å². The number of carbonyl (C=O) groups is 1. The van der Waals surface area contributed by atoms with E-state index < -0.39 is 0 Å². The first-order chi connectivity index (χ1) is 14.6. The lowest BCUT2D eigenvalue weighted by atomic mass is 9.93. The van der Waals surface area contributed by atoms with Crippen LogP contribution in [0.1, 0.15) is 28.4 Å². The van der Waals surface area contributed by atoms with Crippen LogP contribution in [0.4, 0.5) is 0 Å². The van der Waals surface area contributed by atoms with E-state index in [-0.39, 0.29) is 11.9 Å². The van der Waals surface area contributed by atoms with Gasteiger partial charge in [-0.15, -0.1) is 0 Å². The maximum absolute atomic E-state index is 13.3. The van der Waals surface area contributed by atoms with E-state index in [1.807, 2.05) is 17.0 Å². The lowest BCUT2D eigenvalue weighted by molar-refractivity contribution is 0.0359. The number of benzene rings is 2. The topological polar surface area (TPSA) is 45.3 Å².